The molecular weight excluding hydrogens is 773 g/mol. The average Bonchev–Trinajstić information content (AvgIpc) is 3.34. The number of hydrogen-bond donors (Lipinski definition) is 0. The quantitative estimate of drug-likeness (QED) is 0.160. The van der Waals surface area contributed by atoms with Crippen molar-refractivity contribution in [2.45, 2.75) is 38.5 Å². The second kappa shape index (κ2) is 14.4. The van der Waals surface area contributed by atoms with Crippen LogP contribution in [0.4, 0.5) is 34.1 Å². The molecule has 0 saturated heterocycles. The van der Waals surface area contributed by atoms with Crippen molar-refractivity contribution in [2.24, 2.45) is 0 Å². The maximum atomic E-state index is 2.50. The van der Waals surface area contributed by atoms with Gasteiger partial charge in [0.25, 0.3) is 0 Å². The van der Waals surface area contributed by atoms with Crippen molar-refractivity contribution in [2.75, 3.05) is 9.80 Å². The molecule has 2 heterocycles. The van der Waals surface area contributed by atoms with E-state index < -0.39 is 0 Å². The number of fused-ring (bicyclic) bond motifs is 6. The number of rotatable bonds is 5. The Kier molecular flexibility index (Phi) is 8.58. The fourth-order valence-corrected chi connectivity index (χ4v) is 11.2. The van der Waals surface area contributed by atoms with Crippen LogP contribution in [0.2, 0.25) is 0 Å². The third-order valence-electron chi connectivity index (χ3n) is 14.2. The lowest BCUT2D eigenvalue weighted by molar-refractivity contribution is 0.632. The molecule has 0 spiro atoms. The van der Waals surface area contributed by atoms with Crippen LogP contribution >= 0.6 is 0 Å². The van der Waals surface area contributed by atoms with E-state index in [0.29, 0.717) is 0 Å². The van der Waals surface area contributed by atoms with Gasteiger partial charge in [-0.1, -0.05) is 204 Å². The smallest absolute Gasteiger partial charge is 0.0581 e. The summed E-state index contributed by atoms with van der Waals surface area (Å²) in [4.78, 5) is 5.01. The van der Waals surface area contributed by atoms with Gasteiger partial charge in [-0.05, 0) is 109 Å². The molecule has 0 aromatic heterocycles. The minimum atomic E-state index is -0.226. The number of nitrogens with zero attached hydrogens (tertiary/aromatic N) is 2. The van der Waals surface area contributed by atoms with Gasteiger partial charge in [0, 0.05) is 33.3 Å². The van der Waals surface area contributed by atoms with Gasteiger partial charge >= 0.3 is 0 Å². The third-order valence-corrected chi connectivity index (χ3v) is 14.2. The molecule has 0 radical (unpaired) electrons. The molecule has 0 unspecified atom stereocenters. The second-order valence-electron chi connectivity index (χ2n) is 18.4. The van der Waals surface area contributed by atoms with Crippen LogP contribution in [0.3, 0.4) is 0 Å². The standard InChI is InChI=1S/C62H48N2/c1-61(2)52-34-14-16-38-56(52)63(42-24-10-6-11-25-42)59-48(32-20-36-54(59)61)44-28-18-30-46-50(44)40-51-45(29-19-31-47(51)58(46)41-22-8-5-9-23-41)49-33-21-37-55-60(49)64(43-26-12-7-13-27-43)57-39-17-15-35-53(57)62(55,3)4/h5-40H,1-4H3. The highest BCUT2D eigenvalue weighted by Gasteiger charge is 2.40. The van der Waals surface area contributed by atoms with Gasteiger partial charge in [-0.2, -0.15) is 0 Å². The Bertz CT molecular complexity index is 3230. The van der Waals surface area contributed by atoms with Crippen LogP contribution in [0.15, 0.2) is 218 Å². The van der Waals surface area contributed by atoms with Crippen molar-refractivity contribution in [3.63, 3.8) is 0 Å². The molecule has 0 fully saturated rings. The molecule has 0 amide bonds. The average molecular weight is 821 g/mol. The van der Waals surface area contributed by atoms with Gasteiger partial charge in [0.05, 0.1) is 22.7 Å². The SMILES string of the molecule is CC1(C)c2ccccc2N(c2ccccc2)c2c(-c3cccc4c(-c5ccccc5)c5cccc(-c6cccc7c6N(c6ccccc6)c6ccccc6C7(C)C)c5cc34)cccc21. The first-order valence-corrected chi connectivity index (χ1v) is 22.5. The summed E-state index contributed by atoms with van der Waals surface area (Å²) in [5, 5.41) is 4.94. The summed E-state index contributed by atoms with van der Waals surface area (Å²) in [5.74, 6) is 0. The van der Waals surface area contributed by atoms with Crippen LogP contribution < -0.4 is 9.80 Å². The van der Waals surface area contributed by atoms with Crippen molar-refractivity contribution in [3.8, 4) is 33.4 Å². The summed E-state index contributed by atoms with van der Waals surface area (Å²) < 4.78 is 0. The van der Waals surface area contributed by atoms with Crippen molar-refractivity contribution in [3.05, 3.63) is 241 Å². The van der Waals surface area contributed by atoms with E-state index in [4.69, 9.17) is 0 Å². The zero-order chi connectivity index (χ0) is 43.2. The lowest BCUT2D eigenvalue weighted by atomic mass is 9.72. The normalized spacial score (nSPS) is 14.4. The largest absolute Gasteiger partial charge is 0.309 e. The zero-order valence-corrected chi connectivity index (χ0v) is 36.7. The Hall–Kier alpha value is -7.68. The van der Waals surface area contributed by atoms with Gasteiger partial charge in [-0.3, -0.25) is 0 Å². The Morgan fingerprint density at radius 3 is 1.11 bits per heavy atom. The minimum Gasteiger partial charge on any atom is -0.309 e. The van der Waals surface area contributed by atoms with Gasteiger partial charge in [-0.15, -0.1) is 0 Å². The number of hydrogen-bond acceptors (Lipinski definition) is 2. The highest BCUT2D eigenvalue weighted by Crippen LogP contribution is 2.58. The van der Waals surface area contributed by atoms with Gasteiger partial charge in [0.15, 0.2) is 0 Å². The lowest BCUT2D eigenvalue weighted by Gasteiger charge is -2.43. The van der Waals surface area contributed by atoms with Crippen molar-refractivity contribution >= 4 is 55.7 Å². The fraction of sp³-hybridized carbons (Fsp3) is 0.0968. The van der Waals surface area contributed by atoms with Crippen molar-refractivity contribution in [1.29, 1.82) is 0 Å². The van der Waals surface area contributed by atoms with Gasteiger partial charge in [-0.25, -0.2) is 0 Å². The molecule has 12 rings (SSSR count). The van der Waals surface area contributed by atoms with E-state index in [0.717, 1.165) is 11.4 Å². The number of benzene rings is 10. The molecule has 0 N–H and O–H groups in total. The monoisotopic (exact) mass is 820 g/mol. The molecule has 0 atom stereocenters. The Balaban J connectivity index is 1.18. The Morgan fingerprint density at radius 2 is 0.656 bits per heavy atom. The first-order valence-electron chi connectivity index (χ1n) is 22.5. The van der Waals surface area contributed by atoms with Gasteiger partial charge in [0.1, 0.15) is 0 Å². The van der Waals surface area contributed by atoms with Crippen molar-refractivity contribution < 1.29 is 0 Å². The fourth-order valence-electron chi connectivity index (χ4n) is 11.2. The van der Waals surface area contributed by atoms with Gasteiger partial charge in [0.2, 0.25) is 0 Å². The zero-order valence-electron chi connectivity index (χ0n) is 36.7. The van der Waals surface area contributed by atoms with Crippen molar-refractivity contribution in [1.82, 2.24) is 0 Å². The molecule has 0 aliphatic carbocycles. The summed E-state index contributed by atoms with van der Waals surface area (Å²) in [6.45, 7) is 9.52. The molecule has 64 heavy (non-hydrogen) atoms. The van der Waals surface area contributed by atoms with Crippen LogP contribution in [0.5, 0.6) is 0 Å². The Labute approximate surface area is 376 Å². The van der Waals surface area contributed by atoms with E-state index in [2.05, 4.69) is 256 Å². The third kappa shape index (κ3) is 5.58. The summed E-state index contributed by atoms with van der Waals surface area (Å²) in [5.41, 5.74) is 19.4. The van der Waals surface area contributed by atoms with E-state index in [-0.39, 0.29) is 10.8 Å². The van der Waals surface area contributed by atoms with Crippen LogP contribution in [0.1, 0.15) is 49.9 Å². The molecule has 0 saturated carbocycles. The topological polar surface area (TPSA) is 6.48 Å². The molecule has 10 aromatic carbocycles. The van der Waals surface area contributed by atoms with E-state index in [1.165, 1.54) is 99.9 Å². The molecule has 306 valence electrons. The van der Waals surface area contributed by atoms with E-state index in [1.54, 1.807) is 0 Å². The first-order chi connectivity index (χ1) is 31.3. The summed E-state index contributed by atoms with van der Waals surface area (Å²) in [6.07, 6.45) is 0. The first kappa shape index (κ1) is 38.0. The maximum absolute atomic E-state index is 2.50. The molecule has 10 aromatic rings. The van der Waals surface area contributed by atoms with E-state index >= 15 is 0 Å². The molecule has 0 bridgehead atoms. The van der Waals surface area contributed by atoms with Crippen LogP contribution in [-0.2, 0) is 10.8 Å². The summed E-state index contributed by atoms with van der Waals surface area (Å²) in [7, 11) is 0. The van der Waals surface area contributed by atoms with Crippen LogP contribution in [-0.4, -0.2) is 0 Å². The van der Waals surface area contributed by atoms with Crippen LogP contribution in [0, 0.1) is 0 Å². The minimum absolute atomic E-state index is 0.226. The Morgan fingerprint density at radius 1 is 0.297 bits per heavy atom. The van der Waals surface area contributed by atoms with Gasteiger partial charge < -0.3 is 9.80 Å². The number of anilines is 6. The van der Waals surface area contributed by atoms with E-state index in [1.807, 2.05) is 0 Å². The molecule has 2 nitrogen and oxygen atoms in total. The molecular formula is C62H48N2. The van der Waals surface area contributed by atoms with E-state index in [9.17, 15) is 0 Å². The maximum Gasteiger partial charge on any atom is 0.0581 e. The predicted octanol–water partition coefficient (Wildman–Crippen LogP) is 17.2. The molecule has 2 aliphatic heterocycles. The predicted molar refractivity (Wildman–Crippen MR) is 271 cm³/mol. The molecule has 2 aliphatic rings. The second-order valence-corrected chi connectivity index (χ2v) is 18.4. The summed E-state index contributed by atoms with van der Waals surface area (Å²) in [6, 6.07) is 81.0. The molecule has 2 heteroatoms. The highest BCUT2D eigenvalue weighted by atomic mass is 15.2. The summed E-state index contributed by atoms with van der Waals surface area (Å²) >= 11 is 0. The lowest BCUT2D eigenvalue weighted by Crippen LogP contribution is -2.31. The number of para-hydroxylation sites is 6. The van der Waals surface area contributed by atoms with Crippen LogP contribution in [0.25, 0.3) is 54.9 Å². The highest BCUT2D eigenvalue weighted by molar-refractivity contribution is 6.20.